The van der Waals surface area contributed by atoms with E-state index in [0.717, 1.165) is 5.57 Å². The van der Waals surface area contributed by atoms with Crippen LogP contribution in [0.4, 0.5) is 0 Å². The van der Waals surface area contributed by atoms with E-state index in [4.69, 9.17) is 0 Å². The molecule has 0 radical (unpaired) electrons. The van der Waals surface area contributed by atoms with E-state index in [1.165, 1.54) is 0 Å². The van der Waals surface area contributed by atoms with Crippen molar-refractivity contribution in [3.8, 4) is 0 Å². The van der Waals surface area contributed by atoms with Gasteiger partial charge in [0.25, 0.3) is 0 Å². The third-order valence-corrected chi connectivity index (χ3v) is 1.74. The van der Waals surface area contributed by atoms with Crippen LogP contribution in [-0.4, -0.2) is 10.5 Å². The lowest BCUT2D eigenvalue weighted by molar-refractivity contribution is 0.159. The molecule has 12 heavy (non-hydrogen) atoms. The van der Waals surface area contributed by atoms with Crippen LogP contribution in [0.25, 0.3) is 0 Å². The fourth-order valence-corrected chi connectivity index (χ4v) is 0.940. The van der Waals surface area contributed by atoms with E-state index < -0.39 is 0 Å². The summed E-state index contributed by atoms with van der Waals surface area (Å²) in [5.74, 6) is 0. The van der Waals surface area contributed by atoms with Gasteiger partial charge in [-0.2, -0.15) is 0 Å². The molecule has 2 nitrogen and oxygen atoms in total. The normalized spacial score (nSPS) is 16.9. The van der Waals surface area contributed by atoms with E-state index >= 15 is 0 Å². The summed E-state index contributed by atoms with van der Waals surface area (Å²) >= 11 is 0. The highest BCUT2D eigenvalue weighted by molar-refractivity contribution is 5.30. The monoisotopic (exact) mass is 164 g/mol. The molecule has 1 aliphatic heterocycles. The van der Waals surface area contributed by atoms with Gasteiger partial charge in [-0.25, -0.2) is 0 Å². The minimum Gasteiger partial charge on any atom is -0.305 e. The first-order valence-corrected chi connectivity index (χ1v) is 4.10. The number of allylic oxidation sites excluding steroid dienone is 3. The molecule has 1 rings (SSSR count). The second-order valence-corrected chi connectivity index (χ2v) is 3.83. The van der Waals surface area contributed by atoms with Gasteiger partial charge in [0, 0.05) is 12.4 Å². The van der Waals surface area contributed by atoms with Crippen LogP contribution in [0, 0.1) is 0 Å². The highest BCUT2D eigenvalue weighted by Gasteiger charge is 2.17. The molecule has 0 amide bonds. The van der Waals surface area contributed by atoms with E-state index in [-0.39, 0.29) is 5.54 Å². The third kappa shape index (κ3) is 1.91. The molecular weight excluding hydrogens is 148 g/mol. The fraction of sp³-hybridized carbons (Fsp3) is 0.400. The van der Waals surface area contributed by atoms with E-state index in [0.29, 0.717) is 0 Å². The SMILES string of the molecule is C=CC1=CNN(C(C)(C)C)C=C1. The van der Waals surface area contributed by atoms with Crippen molar-refractivity contribution in [3.05, 3.63) is 36.7 Å². The molecule has 1 heterocycles. The predicted molar refractivity (Wildman–Crippen MR) is 52.1 cm³/mol. The molecule has 0 aromatic rings. The lowest BCUT2D eigenvalue weighted by atomic mass is 10.1. The van der Waals surface area contributed by atoms with Gasteiger partial charge in [0.05, 0.1) is 5.54 Å². The van der Waals surface area contributed by atoms with Crippen molar-refractivity contribution in [3.63, 3.8) is 0 Å². The molecule has 0 spiro atoms. The topological polar surface area (TPSA) is 15.3 Å². The van der Waals surface area contributed by atoms with Crippen molar-refractivity contribution >= 4 is 0 Å². The maximum absolute atomic E-state index is 3.69. The van der Waals surface area contributed by atoms with Crippen molar-refractivity contribution in [2.24, 2.45) is 0 Å². The molecule has 0 fully saturated rings. The summed E-state index contributed by atoms with van der Waals surface area (Å²) < 4.78 is 0. The third-order valence-electron chi connectivity index (χ3n) is 1.74. The maximum Gasteiger partial charge on any atom is 0.0521 e. The zero-order valence-electron chi connectivity index (χ0n) is 7.96. The van der Waals surface area contributed by atoms with Crippen molar-refractivity contribution in [2.75, 3.05) is 0 Å². The van der Waals surface area contributed by atoms with Crippen LogP contribution >= 0.6 is 0 Å². The first-order valence-electron chi connectivity index (χ1n) is 4.10. The zero-order valence-corrected chi connectivity index (χ0v) is 7.96. The minimum absolute atomic E-state index is 0.111. The van der Waals surface area contributed by atoms with Crippen molar-refractivity contribution in [1.29, 1.82) is 0 Å². The second kappa shape index (κ2) is 3.05. The predicted octanol–water partition coefficient (Wildman–Crippen LogP) is 2.19. The quantitative estimate of drug-likeness (QED) is 0.639. The molecule has 0 aromatic carbocycles. The standard InChI is InChI=1S/C10H16N2/c1-5-9-6-7-12(11-8-9)10(2,3)4/h5-8,11H,1H2,2-4H3. The van der Waals surface area contributed by atoms with Gasteiger partial charge in [-0.3, -0.25) is 5.01 Å². The molecule has 0 aliphatic carbocycles. The molecule has 0 bridgehead atoms. The van der Waals surface area contributed by atoms with Gasteiger partial charge >= 0.3 is 0 Å². The number of hydrazine groups is 1. The Hall–Kier alpha value is -1.18. The minimum atomic E-state index is 0.111. The smallest absolute Gasteiger partial charge is 0.0521 e. The van der Waals surface area contributed by atoms with Crippen molar-refractivity contribution in [1.82, 2.24) is 10.4 Å². The van der Waals surface area contributed by atoms with Crippen LogP contribution < -0.4 is 5.43 Å². The van der Waals surface area contributed by atoms with Crippen LogP contribution in [0.5, 0.6) is 0 Å². The van der Waals surface area contributed by atoms with Gasteiger partial charge < -0.3 is 5.43 Å². The number of hydrogen-bond donors (Lipinski definition) is 1. The van der Waals surface area contributed by atoms with Crippen LogP contribution in [0.15, 0.2) is 36.7 Å². The highest BCUT2D eigenvalue weighted by atomic mass is 15.5. The van der Waals surface area contributed by atoms with E-state index in [2.05, 4.69) is 37.8 Å². The Labute approximate surface area is 74.2 Å². The first-order chi connectivity index (χ1) is 5.54. The van der Waals surface area contributed by atoms with Gasteiger partial charge in [0.15, 0.2) is 0 Å². The van der Waals surface area contributed by atoms with Crippen molar-refractivity contribution < 1.29 is 0 Å². The Morgan fingerprint density at radius 2 is 2.17 bits per heavy atom. The zero-order chi connectivity index (χ0) is 9.19. The molecule has 0 atom stereocenters. The Morgan fingerprint density at radius 3 is 2.50 bits per heavy atom. The highest BCUT2D eigenvalue weighted by Crippen LogP contribution is 2.14. The largest absolute Gasteiger partial charge is 0.305 e. The molecule has 1 N–H and O–H groups in total. The van der Waals surface area contributed by atoms with E-state index in [1.807, 2.05) is 24.6 Å². The van der Waals surface area contributed by atoms with Crippen LogP contribution in [0.1, 0.15) is 20.8 Å². The lowest BCUT2D eigenvalue weighted by Crippen LogP contribution is -2.45. The summed E-state index contributed by atoms with van der Waals surface area (Å²) in [7, 11) is 0. The first kappa shape index (κ1) is 8.91. The Morgan fingerprint density at radius 1 is 1.50 bits per heavy atom. The Bertz CT molecular complexity index is 231. The van der Waals surface area contributed by atoms with E-state index in [1.54, 1.807) is 0 Å². The molecule has 1 aliphatic rings. The van der Waals surface area contributed by atoms with Gasteiger partial charge in [-0.05, 0) is 32.4 Å². The summed E-state index contributed by atoms with van der Waals surface area (Å²) in [6.07, 6.45) is 7.83. The summed E-state index contributed by atoms with van der Waals surface area (Å²) in [6, 6.07) is 0. The van der Waals surface area contributed by atoms with Gasteiger partial charge in [0.2, 0.25) is 0 Å². The molecule has 0 saturated carbocycles. The van der Waals surface area contributed by atoms with Crippen LogP contribution in [0.2, 0.25) is 0 Å². The van der Waals surface area contributed by atoms with Gasteiger partial charge in [0.1, 0.15) is 0 Å². The lowest BCUT2D eigenvalue weighted by Gasteiger charge is -2.35. The number of hydrogen-bond acceptors (Lipinski definition) is 2. The number of rotatable bonds is 1. The van der Waals surface area contributed by atoms with Gasteiger partial charge in [-0.15, -0.1) is 0 Å². The molecule has 66 valence electrons. The molecule has 0 unspecified atom stereocenters. The summed E-state index contributed by atoms with van der Waals surface area (Å²) in [5, 5.41) is 2.06. The van der Waals surface area contributed by atoms with Gasteiger partial charge in [-0.1, -0.05) is 12.7 Å². The number of nitrogens with one attached hydrogen (secondary N) is 1. The van der Waals surface area contributed by atoms with E-state index in [9.17, 15) is 0 Å². The Kier molecular flexibility index (Phi) is 2.27. The average Bonchev–Trinajstić information content (AvgIpc) is 2.03. The molecule has 0 aromatic heterocycles. The molecular formula is C10H16N2. The molecule has 2 heteroatoms. The second-order valence-electron chi connectivity index (χ2n) is 3.83. The van der Waals surface area contributed by atoms with Crippen molar-refractivity contribution in [2.45, 2.75) is 26.3 Å². The Balaban J connectivity index is 2.66. The average molecular weight is 164 g/mol. The summed E-state index contributed by atoms with van der Waals surface area (Å²) in [4.78, 5) is 0. The number of nitrogens with zero attached hydrogens (tertiary/aromatic N) is 1. The fourth-order valence-electron chi connectivity index (χ4n) is 0.940. The summed E-state index contributed by atoms with van der Waals surface area (Å²) in [6.45, 7) is 10.1. The maximum atomic E-state index is 3.69. The summed E-state index contributed by atoms with van der Waals surface area (Å²) in [5.41, 5.74) is 4.39. The molecule has 0 saturated heterocycles. The van der Waals surface area contributed by atoms with Crippen LogP contribution in [0.3, 0.4) is 0 Å². The van der Waals surface area contributed by atoms with Crippen LogP contribution in [-0.2, 0) is 0 Å².